The van der Waals surface area contributed by atoms with Crippen molar-refractivity contribution in [1.29, 1.82) is 0 Å². The molecule has 29 heavy (non-hydrogen) atoms. The summed E-state index contributed by atoms with van der Waals surface area (Å²) in [6.45, 7) is 0. The number of hydrogen-bond acceptors (Lipinski definition) is 2. The summed E-state index contributed by atoms with van der Waals surface area (Å²) in [4.78, 5) is 4.74. The minimum atomic E-state index is 1.10. The summed E-state index contributed by atoms with van der Waals surface area (Å²) in [6.07, 6.45) is 1.93. The molecule has 0 amide bonds. The second-order valence-electron chi connectivity index (χ2n) is 7.28. The molecule has 4 aromatic carbocycles. The fourth-order valence-corrected chi connectivity index (χ4v) is 5.27. The van der Waals surface area contributed by atoms with E-state index in [2.05, 4.69) is 97.1 Å². The first-order valence-electron chi connectivity index (χ1n) is 9.73. The second-order valence-corrected chi connectivity index (χ2v) is 8.33. The average molecular weight is 388 g/mol. The molecule has 0 saturated heterocycles. The Kier molecular flexibility index (Phi) is 3.71. The average Bonchev–Trinajstić information content (AvgIpc) is 3.16. The fraction of sp³-hybridized carbons (Fsp3) is 0. The smallest absolute Gasteiger partial charge is 0.0894 e. The molecule has 0 radical (unpaired) electrons. The Balaban J connectivity index is 1.53. The fourth-order valence-electron chi connectivity index (χ4n) is 4.04. The highest BCUT2D eigenvalue weighted by atomic mass is 32.1. The van der Waals surface area contributed by atoms with Crippen molar-refractivity contribution >= 4 is 42.4 Å². The Bertz CT molecular complexity index is 1480. The van der Waals surface area contributed by atoms with Crippen LogP contribution < -0.4 is 0 Å². The van der Waals surface area contributed by atoms with Crippen molar-refractivity contribution in [3.8, 4) is 22.3 Å². The van der Waals surface area contributed by atoms with Crippen LogP contribution in [0.15, 0.2) is 103 Å². The monoisotopic (exact) mass is 387 g/mol. The first kappa shape index (κ1) is 16.5. The maximum absolute atomic E-state index is 4.74. The van der Waals surface area contributed by atoms with Gasteiger partial charge in [0.25, 0.3) is 0 Å². The molecule has 0 unspecified atom stereocenters. The first-order chi connectivity index (χ1) is 14.4. The van der Waals surface area contributed by atoms with Gasteiger partial charge in [0.05, 0.1) is 10.2 Å². The van der Waals surface area contributed by atoms with Crippen LogP contribution in [-0.4, -0.2) is 4.98 Å². The topological polar surface area (TPSA) is 12.9 Å². The lowest BCUT2D eigenvalue weighted by Gasteiger charge is -2.06. The molecule has 2 heteroatoms. The maximum Gasteiger partial charge on any atom is 0.0894 e. The lowest BCUT2D eigenvalue weighted by Crippen LogP contribution is -1.82. The molecule has 6 aromatic rings. The standard InChI is InChI=1S/C27H17NS/c1-2-6-18(7-3-1)19-10-12-20(13-11-19)23-14-15-28-26-24-16-21-8-4-5-9-22(21)17-25(24)29-27(23)26/h1-17H. The number of rotatable bonds is 2. The summed E-state index contributed by atoms with van der Waals surface area (Å²) < 4.78 is 2.55. The van der Waals surface area contributed by atoms with Crippen molar-refractivity contribution in [2.45, 2.75) is 0 Å². The van der Waals surface area contributed by atoms with Crippen LogP contribution in [0.3, 0.4) is 0 Å². The third kappa shape index (κ3) is 2.72. The molecular formula is C27H17NS. The molecule has 0 aliphatic carbocycles. The summed E-state index contributed by atoms with van der Waals surface area (Å²) in [6, 6.07) is 34.6. The van der Waals surface area contributed by atoms with E-state index in [1.54, 1.807) is 0 Å². The molecule has 0 saturated carbocycles. The van der Waals surface area contributed by atoms with E-state index < -0.39 is 0 Å². The molecule has 0 fully saturated rings. The molecule has 2 aromatic heterocycles. The van der Waals surface area contributed by atoms with Gasteiger partial charge >= 0.3 is 0 Å². The normalized spacial score (nSPS) is 11.4. The SMILES string of the molecule is c1ccc(-c2ccc(-c3ccnc4c3sc3cc5ccccc5cc34)cc2)cc1. The molecule has 0 spiro atoms. The van der Waals surface area contributed by atoms with E-state index in [0.717, 1.165) is 5.52 Å². The summed E-state index contributed by atoms with van der Waals surface area (Å²) >= 11 is 1.84. The van der Waals surface area contributed by atoms with Crippen LogP contribution in [0.4, 0.5) is 0 Å². The van der Waals surface area contributed by atoms with Crippen LogP contribution in [0, 0.1) is 0 Å². The zero-order chi connectivity index (χ0) is 19.2. The Labute approximate surface area is 172 Å². The van der Waals surface area contributed by atoms with Crippen LogP contribution >= 0.6 is 11.3 Å². The third-order valence-electron chi connectivity index (χ3n) is 5.52. The predicted octanol–water partition coefficient (Wildman–Crippen LogP) is 7.94. The highest BCUT2D eigenvalue weighted by molar-refractivity contribution is 7.26. The minimum absolute atomic E-state index is 1.10. The number of pyridine rings is 1. The van der Waals surface area contributed by atoms with Gasteiger partial charge in [-0.05, 0) is 45.7 Å². The highest BCUT2D eigenvalue weighted by Gasteiger charge is 2.12. The van der Waals surface area contributed by atoms with Gasteiger partial charge in [-0.3, -0.25) is 4.98 Å². The van der Waals surface area contributed by atoms with E-state index in [9.17, 15) is 0 Å². The van der Waals surface area contributed by atoms with Crippen molar-refractivity contribution in [2.75, 3.05) is 0 Å². The molecule has 0 N–H and O–H groups in total. The molecule has 0 aliphatic rings. The van der Waals surface area contributed by atoms with Gasteiger partial charge in [0.1, 0.15) is 0 Å². The Morgan fingerprint density at radius 3 is 2.03 bits per heavy atom. The summed E-state index contributed by atoms with van der Waals surface area (Å²) in [5.74, 6) is 0. The van der Waals surface area contributed by atoms with Crippen LogP contribution in [0.1, 0.15) is 0 Å². The summed E-state index contributed by atoms with van der Waals surface area (Å²) in [5.41, 5.74) is 6.06. The van der Waals surface area contributed by atoms with Gasteiger partial charge in [0.15, 0.2) is 0 Å². The first-order valence-corrected chi connectivity index (χ1v) is 10.5. The molecule has 2 heterocycles. The Hall–Kier alpha value is -3.49. The van der Waals surface area contributed by atoms with E-state index in [0.29, 0.717) is 0 Å². The predicted molar refractivity (Wildman–Crippen MR) is 126 cm³/mol. The van der Waals surface area contributed by atoms with Gasteiger partial charge in [0, 0.05) is 21.8 Å². The van der Waals surface area contributed by atoms with E-state index in [4.69, 9.17) is 4.98 Å². The summed E-state index contributed by atoms with van der Waals surface area (Å²) in [7, 11) is 0. The number of hydrogen-bond donors (Lipinski definition) is 0. The molecule has 0 atom stereocenters. The zero-order valence-corrected chi connectivity index (χ0v) is 16.5. The molecule has 0 aliphatic heterocycles. The van der Waals surface area contributed by atoms with Crippen LogP contribution in [0.5, 0.6) is 0 Å². The van der Waals surface area contributed by atoms with Gasteiger partial charge in [-0.25, -0.2) is 0 Å². The van der Waals surface area contributed by atoms with Crippen LogP contribution in [0.25, 0.3) is 53.3 Å². The molecule has 6 rings (SSSR count). The number of aromatic nitrogens is 1. The second kappa shape index (κ2) is 6.54. The summed E-state index contributed by atoms with van der Waals surface area (Å²) in [5, 5.41) is 3.78. The number of fused-ring (bicyclic) bond motifs is 4. The Morgan fingerprint density at radius 1 is 0.586 bits per heavy atom. The van der Waals surface area contributed by atoms with Crippen molar-refractivity contribution in [1.82, 2.24) is 4.98 Å². The third-order valence-corrected chi connectivity index (χ3v) is 6.70. The Morgan fingerprint density at radius 2 is 1.24 bits per heavy atom. The van der Waals surface area contributed by atoms with Gasteiger partial charge in [0.2, 0.25) is 0 Å². The number of thiophene rings is 1. The van der Waals surface area contributed by atoms with Crippen molar-refractivity contribution in [3.05, 3.63) is 103 Å². The van der Waals surface area contributed by atoms with E-state index in [1.165, 1.54) is 47.8 Å². The van der Waals surface area contributed by atoms with Gasteiger partial charge < -0.3 is 0 Å². The zero-order valence-electron chi connectivity index (χ0n) is 15.7. The molecular weight excluding hydrogens is 370 g/mol. The largest absolute Gasteiger partial charge is 0.255 e. The van der Waals surface area contributed by atoms with E-state index in [1.807, 2.05) is 17.5 Å². The molecule has 136 valence electrons. The lowest BCUT2D eigenvalue weighted by molar-refractivity contribution is 1.44. The quantitative estimate of drug-likeness (QED) is 0.294. The minimum Gasteiger partial charge on any atom is -0.255 e. The van der Waals surface area contributed by atoms with E-state index >= 15 is 0 Å². The van der Waals surface area contributed by atoms with Crippen LogP contribution in [0.2, 0.25) is 0 Å². The molecule has 1 nitrogen and oxygen atoms in total. The molecule has 0 bridgehead atoms. The number of benzene rings is 4. The van der Waals surface area contributed by atoms with E-state index in [-0.39, 0.29) is 0 Å². The lowest BCUT2D eigenvalue weighted by atomic mass is 10.0. The van der Waals surface area contributed by atoms with Crippen molar-refractivity contribution in [2.24, 2.45) is 0 Å². The highest BCUT2D eigenvalue weighted by Crippen LogP contribution is 2.40. The maximum atomic E-state index is 4.74. The van der Waals surface area contributed by atoms with Gasteiger partial charge in [-0.15, -0.1) is 11.3 Å². The van der Waals surface area contributed by atoms with Crippen molar-refractivity contribution < 1.29 is 0 Å². The van der Waals surface area contributed by atoms with Gasteiger partial charge in [-0.2, -0.15) is 0 Å². The van der Waals surface area contributed by atoms with Gasteiger partial charge in [-0.1, -0.05) is 78.9 Å². The van der Waals surface area contributed by atoms with Crippen molar-refractivity contribution in [3.63, 3.8) is 0 Å². The van der Waals surface area contributed by atoms with Crippen LogP contribution in [-0.2, 0) is 0 Å². The number of nitrogens with zero attached hydrogens (tertiary/aromatic N) is 1.